The molecule has 0 bridgehead atoms. The van der Waals surface area contributed by atoms with Crippen molar-refractivity contribution < 1.29 is 19.5 Å². The Morgan fingerprint density at radius 2 is 2.14 bits per heavy atom. The van der Waals surface area contributed by atoms with Crippen LogP contribution in [0.1, 0.15) is 12.8 Å². The summed E-state index contributed by atoms with van der Waals surface area (Å²) in [6.45, 7) is 0.690. The number of benzene rings is 1. The summed E-state index contributed by atoms with van der Waals surface area (Å²) in [6, 6.07) is 7.48. The minimum Gasteiger partial charge on any atom is -0.481 e. The highest BCUT2D eigenvalue weighted by Crippen LogP contribution is 2.37. The quantitative estimate of drug-likeness (QED) is 0.879. The van der Waals surface area contributed by atoms with E-state index in [0.717, 1.165) is 10.6 Å². The van der Waals surface area contributed by atoms with Gasteiger partial charge in [-0.1, -0.05) is 12.1 Å². The van der Waals surface area contributed by atoms with E-state index in [1.165, 1.54) is 11.8 Å². The van der Waals surface area contributed by atoms with E-state index in [2.05, 4.69) is 5.32 Å². The lowest BCUT2D eigenvalue weighted by Crippen LogP contribution is -2.36. The van der Waals surface area contributed by atoms with Crippen molar-refractivity contribution in [3.05, 3.63) is 24.3 Å². The molecule has 2 heterocycles. The van der Waals surface area contributed by atoms with E-state index in [4.69, 9.17) is 5.11 Å². The van der Waals surface area contributed by atoms with Crippen molar-refractivity contribution in [1.29, 1.82) is 0 Å². The van der Waals surface area contributed by atoms with Gasteiger partial charge in [0.05, 0.1) is 16.9 Å². The van der Waals surface area contributed by atoms with Crippen LogP contribution >= 0.6 is 11.8 Å². The first kappa shape index (κ1) is 14.9. The van der Waals surface area contributed by atoms with Crippen molar-refractivity contribution in [3.63, 3.8) is 0 Å². The summed E-state index contributed by atoms with van der Waals surface area (Å²) in [5.74, 6) is -1.69. The minimum atomic E-state index is -0.867. The van der Waals surface area contributed by atoms with Gasteiger partial charge in [-0.15, -0.1) is 11.8 Å². The van der Waals surface area contributed by atoms with Crippen molar-refractivity contribution in [2.45, 2.75) is 23.0 Å². The molecular formula is C15H16N2O4S. The van der Waals surface area contributed by atoms with Crippen LogP contribution in [0.25, 0.3) is 0 Å². The highest BCUT2D eigenvalue weighted by molar-refractivity contribution is 8.01. The second-order valence-electron chi connectivity index (χ2n) is 5.46. The van der Waals surface area contributed by atoms with Crippen molar-refractivity contribution in [2.75, 3.05) is 18.4 Å². The van der Waals surface area contributed by atoms with E-state index >= 15 is 0 Å². The number of hydrogen-bond acceptors (Lipinski definition) is 4. The van der Waals surface area contributed by atoms with Crippen LogP contribution in [0.2, 0.25) is 0 Å². The molecule has 0 saturated carbocycles. The number of likely N-dealkylation sites (tertiary alicyclic amines) is 1. The summed E-state index contributed by atoms with van der Waals surface area (Å²) < 4.78 is 0. The maximum absolute atomic E-state index is 12.3. The van der Waals surface area contributed by atoms with E-state index in [9.17, 15) is 14.4 Å². The molecule has 3 rings (SSSR count). The molecule has 6 nitrogen and oxygen atoms in total. The number of para-hydroxylation sites is 1. The van der Waals surface area contributed by atoms with Crippen LogP contribution in [-0.4, -0.2) is 46.1 Å². The molecule has 2 atom stereocenters. The smallest absolute Gasteiger partial charge is 0.308 e. The lowest BCUT2D eigenvalue weighted by atomic mass is 10.1. The topological polar surface area (TPSA) is 86.7 Å². The fourth-order valence-electron chi connectivity index (χ4n) is 2.70. The fraction of sp³-hybridized carbons (Fsp3) is 0.400. The van der Waals surface area contributed by atoms with Gasteiger partial charge in [0.2, 0.25) is 11.8 Å². The molecular weight excluding hydrogens is 304 g/mol. The number of carboxylic acid groups (broad SMARTS) is 1. The summed E-state index contributed by atoms with van der Waals surface area (Å²) in [5, 5.41) is 11.3. The third kappa shape index (κ3) is 2.94. The summed E-state index contributed by atoms with van der Waals surface area (Å²) in [7, 11) is 0. The first-order valence-corrected chi connectivity index (χ1v) is 7.99. The number of thioether (sulfide) groups is 1. The second-order valence-corrected chi connectivity index (χ2v) is 6.70. The molecule has 0 aromatic heterocycles. The second kappa shape index (κ2) is 6.00. The summed E-state index contributed by atoms with van der Waals surface area (Å²) >= 11 is 1.38. The summed E-state index contributed by atoms with van der Waals surface area (Å²) in [6.07, 6.45) is 0.574. The number of carbonyl (C=O) groups excluding carboxylic acids is 2. The summed E-state index contributed by atoms with van der Waals surface area (Å²) in [5.41, 5.74) is 0.772. The fourth-order valence-corrected chi connectivity index (χ4v) is 3.80. The van der Waals surface area contributed by atoms with Crippen molar-refractivity contribution in [1.82, 2.24) is 4.90 Å². The number of fused-ring (bicyclic) bond motifs is 1. The maximum atomic E-state index is 12.3. The Labute approximate surface area is 131 Å². The predicted molar refractivity (Wildman–Crippen MR) is 81.7 cm³/mol. The third-order valence-corrected chi connectivity index (χ3v) is 5.23. The molecule has 2 N–H and O–H groups in total. The molecule has 1 aromatic rings. The molecule has 116 valence electrons. The number of nitrogens with zero attached hydrogens (tertiary/aromatic N) is 1. The van der Waals surface area contributed by atoms with Crippen LogP contribution in [0.4, 0.5) is 5.69 Å². The summed E-state index contributed by atoms with van der Waals surface area (Å²) in [4.78, 5) is 37.8. The Balaban J connectivity index is 1.63. The Morgan fingerprint density at radius 1 is 1.36 bits per heavy atom. The van der Waals surface area contributed by atoms with Gasteiger partial charge in [-0.2, -0.15) is 0 Å². The van der Waals surface area contributed by atoms with Gasteiger partial charge in [-0.25, -0.2) is 0 Å². The number of rotatable bonds is 3. The van der Waals surface area contributed by atoms with Crippen LogP contribution in [0.3, 0.4) is 0 Å². The molecule has 0 radical (unpaired) electrons. The first-order chi connectivity index (χ1) is 10.5. The molecule has 7 heteroatoms. The van der Waals surface area contributed by atoms with E-state index in [1.807, 2.05) is 24.3 Å². The Hall–Kier alpha value is -2.02. The molecule has 2 aliphatic heterocycles. The van der Waals surface area contributed by atoms with Crippen LogP contribution in [0.15, 0.2) is 29.2 Å². The number of hydrogen-bond donors (Lipinski definition) is 2. The van der Waals surface area contributed by atoms with Gasteiger partial charge in [0.25, 0.3) is 0 Å². The number of amides is 2. The van der Waals surface area contributed by atoms with E-state index in [1.54, 1.807) is 4.90 Å². The van der Waals surface area contributed by atoms with E-state index in [0.29, 0.717) is 13.0 Å². The monoisotopic (exact) mass is 320 g/mol. The van der Waals surface area contributed by atoms with E-state index < -0.39 is 17.1 Å². The zero-order valence-corrected chi connectivity index (χ0v) is 12.6. The zero-order valence-electron chi connectivity index (χ0n) is 11.8. The van der Waals surface area contributed by atoms with Gasteiger partial charge < -0.3 is 15.3 Å². The van der Waals surface area contributed by atoms with Gasteiger partial charge in [-0.3, -0.25) is 14.4 Å². The minimum absolute atomic E-state index is 0.0944. The Morgan fingerprint density at radius 3 is 2.86 bits per heavy atom. The molecule has 2 aliphatic rings. The SMILES string of the molecule is O=C(O)[C@@H]1CCN(C(=O)C[C@H]2Sc3ccccc3NC2=O)C1. The molecule has 2 amide bonds. The van der Waals surface area contributed by atoms with Gasteiger partial charge >= 0.3 is 5.97 Å². The van der Waals surface area contributed by atoms with Crippen LogP contribution in [0.5, 0.6) is 0 Å². The normalized spacial score (nSPS) is 23.8. The molecule has 0 aliphatic carbocycles. The van der Waals surface area contributed by atoms with Crippen LogP contribution < -0.4 is 5.32 Å². The molecule has 1 fully saturated rings. The Kier molecular flexibility index (Phi) is 4.06. The standard InChI is InChI=1S/C15H16N2O4S/c18-13(17-6-5-9(8-17)15(20)21)7-12-14(19)16-10-3-1-2-4-11(10)22-12/h1-4,9,12H,5-8H2,(H,16,19)(H,20,21)/t9-,12-/m1/s1. The maximum Gasteiger partial charge on any atom is 0.308 e. The Bertz CT molecular complexity index is 634. The molecule has 22 heavy (non-hydrogen) atoms. The zero-order chi connectivity index (χ0) is 15.7. The van der Waals surface area contributed by atoms with E-state index in [-0.39, 0.29) is 24.8 Å². The number of anilines is 1. The lowest BCUT2D eigenvalue weighted by molar-refractivity contribution is -0.141. The van der Waals surface area contributed by atoms with Gasteiger partial charge in [-0.05, 0) is 18.6 Å². The number of carboxylic acids is 1. The number of aliphatic carboxylic acids is 1. The van der Waals surface area contributed by atoms with Gasteiger partial charge in [0.15, 0.2) is 0 Å². The highest BCUT2D eigenvalue weighted by atomic mass is 32.2. The van der Waals surface area contributed by atoms with Gasteiger partial charge in [0.1, 0.15) is 0 Å². The van der Waals surface area contributed by atoms with Crippen LogP contribution in [0, 0.1) is 5.92 Å². The van der Waals surface area contributed by atoms with Crippen molar-refractivity contribution >= 4 is 35.2 Å². The van der Waals surface area contributed by atoms with Crippen LogP contribution in [-0.2, 0) is 14.4 Å². The van der Waals surface area contributed by atoms with Crippen molar-refractivity contribution in [2.24, 2.45) is 5.92 Å². The van der Waals surface area contributed by atoms with Crippen molar-refractivity contribution in [3.8, 4) is 0 Å². The first-order valence-electron chi connectivity index (χ1n) is 7.11. The van der Waals surface area contributed by atoms with Gasteiger partial charge in [0, 0.05) is 24.4 Å². The molecule has 0 spiro atoms. The highest BCUT2D eigenvalue weighted by Gasteiger charge is 2.34. The average Bonchev–Trinajstić information content (AvgIpc) is 2.98. The lowest BCUT2D eigenvalue weighted by Gasteiger charge is -2.25. The molecule has 1 aromatic carbocycles. The molecule has 0 unspecified atom stereocenters. The average molecular weight is 320 g/mol. The number of carbonyl (C=O) groups is 3. The number of nitrogens with one attached hydrogen (secondary N) is 1. The largest absolute Gasteiger partial charge is 0.481 e. The molecule has 1 saturated heterocycles. The third-order valence-electron chi connectivity index (χ3n) is 3.96. The predicted octanol–water partition coefficient (Wildman–Crippen LogP) is 1.42.